The van der Waals surface area contributed by atoms with Gasteiger partial charge in [0.15, 0.2) is 0 Å². The number of amides is 1. The van der Waals surface area contributed by atoms with Gasteiger partial charge in [0, 0.05) is 12.5 Å². The van der Waals surface area contributed by atoms with Crippen molar-refractivity contribution < 1.29 is 13.6 Å². The van der Waals surface area contributed by atoms with Crippen LogP contribution in [-0.4, -0.2) is 11.9 Å². The van der Waals surface area contributed by atoms with Crippen LogP contribution in [0.3, 0.4) is 0 Å². The number of halogens is 2. The molecule has 3 nitrogen and oxygen atoms in total. The van der Waals surface area contributed by atoms with E-state index < -0.39 is 23.6 Å². The van der Waals surface area contributed by atoms with Gasteiger partial charge in [0.25, 0.3) is 0 Å². The summed E-state index contributed by atoms with van der Waals surface area (Å²) in [6.45, 7) is 0. The summed E-state index contributed by atoms with van der Waals surface area (Å²) < 4.78 is 25.7. The average Bonchev–Trinajstić information content (AvgIpc) is 2.22. The average molecular weight is 224 g/mol. The number of terminal acetylenes is 1. The number of anilines is 1. The Bertz CT molecular complexity index is 440. The first-order valence-corrected chi connectivity index (χ1v) is 4.49. The molecule has 1 amide bonds. The Morgan fingerprint density at radius 1 is 1.56 bits per heavy atom. The molecule has 1 atom stereocenters. The van der Waals surface area contributed by atoms with Crippen molar-refractivity contribution >= 4 is 11.6 Å². The highest BCUT2D eigenvalue weighted by Gasteiger charge is 2.14. The van der Waals surface area contributed by atoms with Crippen LogP contribution < -0.4 is 11.1 Å². The number of carbonyl (C=O) groups excluding carboxylic acids is 1. The second-order valence-electron chi connectivity index (χ2n) is 3.13. The molecule has 0 aliphatic rings. The van der Waals surface area contributed by atoms with Gasteiger partial charge in [-0.05, 0) is 12.1 Å². The van der Waals surface area contributed by atoms with Crippen LogP contribution in [0.5, 0.6) is 0 Å². The van der Waals surface area contributed by atoms with E-state index in [2.05, 4.69) is 11.2 Å². The largest absolute Gasteiger partial charge is 0.322 e. The normalized spacial score (nSPS) is 11.6. The fraction of sp³-hybridized carbons (Fsp3) is 0.182. The number of benzene rings is 1. The van der Waals surface area contributed by atoms with Crippen molar-refractivity contribution in [1.29, 1.82) is 0 Å². The minimum Gasteiger partial charge on any atom is -0.322 e. The highest BCUT2D eigenvalue weighted by Crippen LogP contribution is 2.15. The third kappa shape index (κ3) is 3.04. The van der Waals surface area contributed by atoms with E-state index in [0.717, 1.165) is 12.1 Å². The fourth-order valence-corrected chi connectivity index (χ4v) is 1.04. The first-order valence-electron chi connectivity index (χ1n) is 4.49. The molecule has 0 spiro atoms. The van der Waals surface area contributed by atoms with Crippen molar-refractivity contribution in [3.63, 3.8) is 0 Å². The predicted octanol–water partition coefficient (Wildman–Crippen LogP) is 1.25. The number of carbonyl (C=O) groups is 1. The van der Waals surface area contributed by atoms with Crippen LogP contribution in [-0.2, 0) is 4.79 Å². The van der Waals surface area contributed by atoms with Crippen LogP contribution in [0.25, 0.3) is 0 Å². The molecule has 0 aromatic heterocycles. The SMILES string of the molecule is C#CCC(N)C(=O)Nc1ccc(F)cc1F. The molecule has 0 saturated carbocycles. The predicted molar refractivity (Wildman–Crippen MR) is 56.4 cm³/mol. The molecule has 1 unspecified atom stereocenters. The van der Waals surface area contributed by atoms with Crippen LogP contribution in [0.15, 0.2) is 18.2 Å². The highest BCUT2D eigenvalue weighted by atomic mass is 19.1. The molecule has 0 bridgehead atoms. The van der Waals surface area contributed by atoms with Crippen LogP contribution in [0, 0.1) is 24.0 Å². The van der Waals surface area contributed by atoms with Gasteiger partial charge in [0.1, 0.15) is 11.6 Å². The lowest BCUT2D eigenvalue weighted by atomic mass is 10.2. The van der Waals surface area contributed by atoms with Gasteiger partial charge in [0.05, 0.1) is 11.7 Å². The molecule has 1 aromatic carbocycles. The third-order valence-corrected chi connectivity index (χ3v) is 1.86. The quantitative estimate of drug-likeness (QED) is 0.759. The molecule has 0 aliphatic carbocycles. The van der Waals surface area contributed by atoms with E-state index in [1.165, 1.54) is 0 Å². The van der Waals surface area contributed by atoms with Crippen LogP contribution in [0.2, 0.25) is 0 Å². The molecule has 3 N–H and O–H groups in total. The summed E-state index contributed by atoms with van der Waals surface area (Å²) >= 11 is 0. The molecular weight excluding hydrogens is 214 g/mol. The van der Waals surface area contributed by atoms with Crippen molar-refractivity contribution in [1.82, 2.24) is 0 Å². The summed E-state index contributed by atoms with van der Waals surface area (Å²) in [5, 5.41) is 2.22. The first-order chi connectivity index (χ1) is 7.54. The molecule has 0 saturated heterocycles. The Hall–Kier alpha value is -1.93. The first kappa shape index (κ1) is 12.1. The summed E-state index contributed by atoms with van der Waals surface area (Å²) in [6.07, 6.45) is 5.03. The van der Waals surface area contributed by atoms with E-state index in [1.54, 1.807) is 0 Å². The summed E-state index contributed by atoms with van der Waals surface area (Å²) in [5.41, 5.74) is 5.28. The molecule has 1 aromatic rings. The zero-order valence-corrected chi connectivity index (χ0v) is 8.34. The molecule has 0 aliphatic heterocycles. The van der Waals surface area contributed by atoms with Crippen LogP contribution >= 0.6 is 0 Å². The summed E-state index contributed by atoms with van der Waals surface area (Å²) in [5.74, 6) is 0.0314. The van der Waals surface area contributed by atoms with Crippen LogP contribution in [0.4, 0.5) is 14.5 Å². The van der Waals surface area contributed by atoms with Crippen molar-refractivity contribution in [2.45, 2.75) is 12.5 Å². The van der Waals surface area contributed by atoms with E-state index in [0.29, 0.717) is 6.07 Å². The van der Waals surface area contributed by atoms with E-state index >= 15 is 0 Å². The van der Waals surface area contributed by atoms with Gasteiger partial charge in [0.2, 0.25) is 5.91 Å². The number of nitrogens with one attached hydrogen (secondary N) is 1. The molecule has 5 heteroatoms. The topological polar surface area (TPSA) is 55.1 Å². The lowest BCUT2D eigenvalue weighted by molar-refractivity contribution is -0.117. The number of nitrogens with two attached hydrogens (primary N) is 1. The summed E-state index contributed by atoms with van der Waals surface area (Å²) in [4.78, 5) is 11.3. The second kappa shape index (κ2) is 5.24. The van der Waals surface area contributed by atoms with Gasteiger partial charge in [-0.15, -0.1) is 12.3 Å². The molecule has 0 radical (unpaired) electrons. The van der Waals surface area contributed by atoms with Gasteiger partial charge in [-0.3, -0.25) is 4.79 Å². The van der Waals surface area contributed by atoms with E-state index in [-0.39, 0.29) is 12.1 Å². The van der Waals surface area contributed by atoms with Gasteiger partial charge in [-0.2, -0.15) is 0 Å². The van der Waals surface area contributed by atoms with Gasteiger partial charge < -0.3 is 11.1 Å². The van der Waals surface area contributed by atoms with E-state index in [9.17, 15) is 13.6 Å². The van der Waals surface area contributed by atoms with E-state index in [1.807, 2.05) is 0 Å². The lowest BCUT2D eigenvalue weighted by Crippen LogP contribution is -2.35. The summed E-state index contributed by atoms with van der Waals surface area (Å²) in [6, 6.07) is 1.91. The van der Waals surface area contributed by atoms with Crippen molar-refractivity contribution in [2.75, 3.05) is 5.32 Å². The molecule has 1 rings (SSSR count). The Balaban J connectivity index is 2.74. The molecular formula is C11H10F2N2O. The zero-order chi connectivity index (χ0) is 12.1. The molecule has 16 heavy (non-hydrogen) atoms. The monoisotopic (exact) mass is 224 g/mol. The molecule has 84 valence electrons. The fourth-order valence-electron chi connectivity index (χ4n) is 1.04. The maximum absolute atomic E-state index is 13.1. The van der Waals surface area contributed by atoms with Crippen molar-refractivity contribution in [3.8, 4) is 12.3 Å². The van der Waals surface area contributed by atoms with Gasteiger partial charge >= 0.3 is 0 Å². The molecule has 0 fully saturated rings. The second-order valence-corrected chi connectivity index (χ2v) is 3.13. The zero-order valence-electron chi connectivity index (χ0n) is 8.34. The Morgan fingerprint density at radius 2 is 2.25 bits per heavy atom. The minimum atomic E-state index is -0.908. The van der Waals surface area contributed by atoms with Crippen LogP contribution in [0.1, 0.15) is 6.42 Å². The third-order valence-electron chi connectivity index (χ3n) is 1.86. The highest BCUT2D eigenvalue weighted by molar-refractivity contribution is 5.94. The number of hydrogen-bond acceptors (Lipinski definition) is 2. The Kier molecular flexibility index (Phi) is 3.97. The van der Waals surface area contributed by atoms with Crippen molar-refractivity contribution in [3.05, 3.63) is 29.8 Å². The summed E-state index contributed by atoms with van der Waals surface area (Å²) in [7, 11) is 0. The van der Waals surface area contributed by atoms with Gasteiger partial charge in [-0.1, -0.05) is 0 Å². The van der Waals surface area contributed by atoms with Crippen molar-refractivity contribution in [2.24, 2.45) is 5.73 Å². The standard InChI is InChI=1S/C11H10F2N2O/c1-2-3-9(14)11(16)15-10-5-4-7(12)6-8(10)13/h1,4-6,9H,3,14H2,(H,15,16). The van der Waals surface area contributed by atoms with E-state index in [4.69, 9.17) is 12.2 Å². The Labute approximate surface area is 91.6 Å². The minimum absolute atomic E-state index is 0.0502. The van der Waals surface area contributed by atoms with Gasteiger partial charge in [-0.25, -0.2) is 8.78 Å². The molecule has 0 heterocycles. The number of hydrogen-bond donors (Lipinski definition) is 2. The Morgan fingerprint density at radius 3 is 2.81 bits per heavy atom. The smallest absolute Gasteiger partial charge is 0.242 e. The maximum atomic E-state index is 13.1. The number of rotatable bonds is 3. The lowest BCUT2D eigenvalue weighted by Gasteiger charge is -2.10. The maximum Gasteiger partial charge on any atom is 0.242 e.